The zero-order valence-corrected chi connectivity index (χ0v) is 11.1. The van der Waals surface area contributed by atoms with Crippen LogP contribution in [0.1, 0.15) is 36.5 Å². The van der Waals surface area contributed by atoms with Crippen LogP contribution in [0.15, 0.2) is 18.2 Å². The molecule has 0 aliphatic heterocycles. The molecule has 1 aromatic carbocycles. The maximum absolute atomic E-state index is 11.1. The van der Waals surface area contributed by atoms with Gasteiger partial charge < -0.3 is 19.7 Å². The number of hydrogen-bond acceptors (Lipinski definition) is 4. The van der Waals surface area contributed by atoms with Crippen LogP contribution in [-0.4, -0.2) is 36.0 Å². The van der Waals surface area contributed by atoms with E-state index in [1.54, 1.807) is 12.1 Å². The summed E-state index contributed by atoms with van der Waals surface area (Å²) in [5.74, 6) is -0.234. The Hall–Kier alpha value is -1.75. The third-order valence-electron chi connectivity index (χ3n) is 2.55. The average Bonchev–Trinajstić information content (AvgIpc) is 2.41. The van der Waals surface area contributed by atoms with E-state index in [1.807, 2.05) is 0 Å². The van der Waals surface area contributed by atoms with E-state index in [2.05, 4.69) is 6.92 Å². The first-order chi connectivity index (χ1) is 9.19. The van der Waals surface area contributed by atoms with Crippen LogP contribution in [0.3, 0.4) is 0 Å². The summed E-state index contributed by atoms with van der Waals surface area (Å²) in [6.45, 7) is 2.65. The predicted octanol–water partition coefficient (Wildman–Crippen LogP) is 2.32. The Labute approximate surface area is 112 Å². The Morgan fingerprint density at radius 3 is 2.63 bits per heavy atom. The average molecular weight is 268 g/mol. The predicted molar refractivity (Wildman–Crippen MR) is 71.0 cm³/mol. The van der Waals surface area contributed by atoms with E-state index in [1.165, 1.54) is 6.07 Å². The van der Waals surface area contributed by atoms with E-state index in [0.717, 1.165) is 19.3 Å². The van der Waals surface area contributed by atoms with Gasteiger partial charge in [0.05, 0.1) is 13.2 Å². The Bertz CT molecular complexity index is 403. The number of carboxylic acid groups (broad SMARTS) is 1. The summed E-state index contributed by atoms with van der Waals surface area (Å²) in [5.41, 5.74) is 0.118. The molecule has 0 radical (unpaired) electrons. The van der Waals surface area contributed by atoms with Gasteiger partial charge in [0.2, 0.25) is 0 Å². The van der Waals surface area contributed by atoms with Crippen molar-refractivity contribution in [3.63, 3.8) is 0 Å². The molecule has 0 spiro atoms. The molecule has 5 nitrogen and oxygen atoms in total. The van der Waals surface area contributed by atoms with Gasteiger partial charge in [-0.15, -0.1) is 0 Å². The molecule has 0 heterocycles. The third kappa shape index (κ3) is 5.18. The van der Waals surface area contributed by atoms with Crippen molar-refractivity contribution >= 4 is 5.97 Å². The summed E-state index contributed by atoms with van der Waals surface area (Å²) in [6.07, 6.45) is 3.01. The lowest BCUT2D eigenvalue weighted by molar-refractivity contribution is 0.0692. The Morgan fingerprint density at radius 1 is 1.21 bits per heavy atom. The van der Waals surface area contributed by atoms with Crippen LogP contribution in [0.25, 0.3) is 0 Å². The second-order valence-electron chi connectivity index (χ2n) is 4.09. The van der Waals surface area contributed by atoms with E-state index in [0.29, 0.717) is 18.1 Å². The van der Waals surface area contributed by atoms with Crippen molar-refractivity contribution in [1.29, 1.82) is 0 Å². The topological polar surface area (TPSA) is 76.0 Å². The summed E-state index contributed by atoms with van der Waals surface area (Å²) >= 11 is 0. The lowest BCUT2D eigenvalue weighted by Gasteiger charge is -2.11. The van der Waals surface area contributed by atoms with E-state index >= 15 is 0 Å². The van der Waals surface area contributed by atoms with Crippen molar-refractivity contribution in [2.45, 2.75) is 26.2 Å². The number of rotatable bonds is 9. The van der Waals surface area contributed by atoms with Crippen LogP contribution in [-0.2, 0) is 0 Å². The van der Waals surface area contributed by atoms with E-state index in [9.17, 15) is 4.79 Å². The molecule has 0 aromatic heterocycles. The second-order valence-corrected chi connectivity index (χ2v) is 4.09. The molecule has 0 unspecified atom stereocenters. The summed E-state index contributed by atoms with van der Waals surface area (Å²) in [7, 11) is 0. The van der Waals surface area contributed by atoms with Crippen molar-refractivity contribution in [2.75, 3.05) is 19.8 Å². The maximum atomic E-state index is 11.1. The Balaban J connectivity index is 2.74. The zero-order chi connectivity index (χ0) is 14.1. The number of benzene rings is 1. The molecule has 0 fully saturated rings. The van der Waals surface area contributed by atoms with Gasteiger partial charge in [-0.1, -0.05) is 19.8 Å². The van der Waals surface area contributed by atoms with Crippen molar-refractivity contribution in [3.05, 3.63) is 23.8 Å². The van der Waals surface area contributed by atoms with Crippen LogP contribution >= 0.6 is 0 Å². The minimum absolute atomic E-state index is 0.0899. The van der Waals surface area contributed by atoms with Gasteiger partial charge in [0, 0.05) is 6.07 Å². The molecule has 0 saturated heterocycles. The van der Waals surface area contributed by atoms with Crippen LogP contribution < -0.4 is 9.47 Å². The third-order valence-corrected chi connectivity index (χ3v) is 2.55. The van der Waals surface area contributed by atoms with Gasteiger partial charge in [0.25, 0.3) is 0 Å². The number of ether oxygens (including phenoxy) is 2. The molecule has 1 rings (SSSR count). The minimum Gasteiger partial charge on any atom is -0.493 e. The van der Waals surface area contributed by atoms with Gasteiger partial charge in [-0.05, 0) is 18.6 Å². The number of aliphatic hydroxyl groups excluding tert-OH is 1. The molecule has 19 heavy (non-hydrogen) atoms. The first-order valence-electron chi connectivity index (χ1n) is 6.42. The lowest BCUT2D eigenvalue weighted by Crippen LogP contribution is -2.06. The number of carbonyl (C=O) groups is 1. The molecule has 106 valence electrons. The number of hydrogen-bond donors (Lipinski definition) is 2. The number of aliphatic hydroxyl groups is 1. The van der Waals surface area contributed by atoms with Crippen molar-refractivity contribution in [1.82, 2.24) is 0 Å². The molecular formula is C14H20O5. The number of carboxylic acids is 1. The van der Waals surface area contributed by atoms with Crippen LogP contribution in [0.4, 0.5) is 0 Å². The van der Waals surface area contributed by atoms with Crippen LogP contribution in [0.5, 0.6) is 11.5 Å². The molecule has 0 bridgehead atoms. The smallest absolute Gasteiger partial charge is 0.339 e. The fourth-order valence-electron chi connectivity index (χ4n) is 1.59. The highest BCUT2D eigenvalue weighted by Crippen LogP contribution is 2.25. The molecule has 1 aromatic rings. The highest BCUT2D eigenvalue weighted by molar-refractivity contribution is 5.91. The second kappa shape index (κ2) is 8.37. The summed E-state index contributed by atoms with van der Waals surface area (Å²) in [4.78, 5) is 11.1. The first-order valence-corrected chi connectivity index (χ1v) is 6.42. The van der Waals surface area contributed by atoms with Gasteiger partial charge >= 0.3 is 5.97 Å². The molecular weight excluding hydrogens is 248 g/mol. The van der Waals surface area contributed by atoms with Gasteiger partial charge in [0.1, 0.15) is 23.7 Å². The van der Waals surface area contributed by atoms with E-state index < -0.39 is 5.97 Å². The molecule has 0 atom stereocenters. The highest BCUT2D eigenvalue weighted by atomic mass is 16.5. The lowest BCUT2D eigenvalue weighted by atomic mass is 10.2. The van der Waals surface area contributed by atoms with Crippen LogP contribution in [0, 0.1) is 0 Å². The number of aromatic carboxylic acids is 1. The van der Waals surface area contributed by atoms with Crippen molar-refractivity contribution < 1.29 is 24.5 Å². The van der Waals surface area contributed by atoms with Gasteiger partial charge in [0.15, 0.2) is 0 Å². The molecule has 0 aliphatic carbocycles. The van der Waals surface area contributed by atoms with E-state index in [4.69, 9.17) is 19.7 Å². The van der Waals surface area contributed by atoms with Crippen LogP contribution in [0.2, 0.25) is 0 Å². The Kier molecular flexibility index (Phi) is 6.74. The minimum atomic E-state index is -1.03. The maximum Gasteiger partial charge on any atom is 0.339 e. The van der Waals surface area contributed by atoms with E-state index in [-0.39, 0.29) is 18.8 Å². The molecule has 0 amide bonds. The highest BCUT2D eigenvalue weighted by Gasteiger charge is 2.12. The monoisotopic (exact) mass is 268 g/mol. The van der Waals surface area contributed by atoms with Gasteiger partial charge in [-0.2, -0.15) is 0 Å². The first kappa shape index (κ1) is 15.3. The molecule has 0 saturated carbocycles. The zero-order valence-electron chi connectivity index (χ0n) is 11.1. The normalized spacial score (nSPS) is 10.2. The fraction of sp³-hybridized carbons (Fsp3) is 0.500. The Morgan fingerprint density at radius 2 is 2.00 bits per heavy atom. The van der Waals surface area contributed by atoms with Gasteiger partial charge in [-0.3, -0.25) is 0 Å². The largest absolute Gasteiger partial charge is 0.493 e. The molecule has 0 aliphatic rings. The summed E-state index contributed by atoms with van der Waals surface area (Å²) < 4.78 is 10.7. The molecule has 5 heteroatoms. The summed E-state index contributed by atoms with van der Waals surface area (Å²) in [6, 6.07) is 4.55. The van der Waals surface area contributed by atoms with Crippen molar-refractivity contribution in [2.24, 2.45) is 0 Å². The standard InChI is InChI=1S/C14H20O5/c1-2-3-4-8-19-13-10-11(18-9-7-15)5-6-12(13)14(16)17/h5-6,10,15H,2-4,7-9H2,1H3,(H,16,17). The quantitative estimate of drug-likeness (QED) is 0.672. The summed E-state index contributed by atoms with van der Waals surface area (Å²) in [5, 5.41) is 17.8. The number of unbranched alkanes of at least 4 members (excludes halogenated alkanes) is 2. The van der Waals surface area contributed by atoms with Gasteiger partial charge in [-0.25, -0.2) is 4.79 Å². The molecule has 2 N–H and O–H groups in total. The fourth-order valence-corrected chi connectivity index (χ4v) is 1.59. The SMILES string of the molecule is CCCCCOc1cc(OCCO)ccc1C(=O)O. The van der Waals surface area contributed by atoms with Crippen molar-refractivity contribution in [3.8, 4) is 11.5 Å².